The molecule has 0 radical (unpaired) electrons. The Kier molecular flexibility index (Phi) is 6.57. The van der Waals surface area contributed by atoms with Gasteiger partial charge in [-0.05, 0) is 25.5 Å². The summed E-state index contributed by atoms with van der Waals surface area (Å²) in [6.07, 6.45) is 1.69. The highest BCUT2D eigenvalue weighted by atomic mass is 16.5. The number of aromatic nitrogens is 2. The summed E-state index contributed by atoms with van der Waals surface area (Å²) in [6, 6.07) is 18.1. The molecule has 2 aromatic carbocycles. The van der Waals surface area contributed by atoms with Crippen LogP contribution in [0.4, 0.5) is 5.95 Å². The number of amides is 1. The minimum Gasteiger partial charge on any atom is -0.378 e. The summed E-state index contributed by atoms with van der Waals surface area (Å²) < 4.78 is 5.46. The van der Waals surface area contributed by atoms with Crippen molar-refractivity contribution in [1.29, 1.82) is 0 Å². The lowest BCUT2D eigenvalue weighted by molar-refractivity contribution is 0.0752. The predicted octanol–water partition coefficient (Wildman–Crippen LogP) is 3.95. The number of hydrogen-bond acceptors (Lipinski definition) is 5. The van der Waals surface area contributed by atoms with Crippen LogP contribution in [0.3, 0.4) is 0 Å². The van der Waals surface area contributed by atoms with E-state index in [2.05, 4.69) is 16.0 Å². The van der Waals surface area contributed by atoms with Crippen LogP contribution in [-0.4, -0.2) is 53.6 Å². The topological polar surface area (TPSA) is 58.6 Å². The maximum absolute atomic E-state index is 13.6. The Hall–Kier alpha value is -3.25. The Bertz CT molecular complexity index is 1030. The molecule has 3 aromatic rings. The fourth-order valence-corrected chi connectivity index (χ4v) is 3.76. The van der Waals surface area contributed by atoms with Gasteiger partial charge in [0.05, 0.1) is 24.5 Å². The molecule has 4 rings (SSSR count). The number of ether oxygens (including phenoxy) is 1. The second-order valence-corrected chi connectivity index (χ2v) is 7.71. The van der Waals surface area contributed by atoms with Crippen molar-refractivity contribution < 1.29 is 9.53 Å². The van der Waals surface area contributed by atoms with Crippen LogP contribution in [0.15, 0.2) is 60.8 Å². The lowest BCUT2D eigenvalue weighted by atomic mass is 10.0. The molecule has 1 aliphatic heterocycles. The fourth-order valence-electron chi connectivity index (χ4n) is 3.76. The fraction of sp³-hybridized carbons (Fsp3) is 0.320. The predicted molar refractivity (Wildman–Crippen MR) is 122 cm³/mol. The van der Waals surface area contributed by atoms with Gasteiger partial charge in [-0.25, -0.2) is 9.97 Å². The van der Waals surface area contributed by atoms with E-state index in [-0.39, 0.29) is 5.91 Å². The molecular weight excluding hydrogens is 388 g/mol. The van der Waals surface area contributed by atoms with Gasteiger partial charge in [-0.1, -0.05) is 54.1 Å². The van der Waals surface area contributed by atoms with Gasteiger partial charge in [-0.3, -0.25) is 4.79 Å². The summed E-state index contributed by atoms with van der Waals surface area (Å²) in [5.74, 6) is 0.582. The zero-order chi connectivity index (χ0) is 21.6. The van der Waals surface area contributed by atoms with E-state index in [4.69, 9.17) is 9.72 Å². The van der Waals surface area contributed by atoms with Gasteiger partial charge in [0.1, 0.15) is 0 Å². The van der Waals surface area contributed by atoms with E-state index in [1.807, 2.05) is 67.3 Å². The van der Waals surface area contributed by atoms with Crippen molar-refractivity contribution in [2.24, 2.45) is 0 Å². The molecule has 1 aromatic heterocycles. The van der Waals surface area contributed by atoms with Crippen LogP contribution in [0.2, 0.25) is 0 Å². The number of anilines is 1. The first-order valence-electron chi connectivity index (χ1n) is 10.8. The SMILES string of the molecule is CCN(Cc1ccccc1)C(=O)c1cnc(N2CCOCC2)nc1-c1cccc(C)c1. The standard InChI is InChI=1S/C25H28N4O2/c1-3-28(18-20-9-5-4-6-10-20)24(30)22-17-26-25(29-12-14-31-15-13-29)27-23(22)21-11-7-8-19(2)16-21/h4-11,16-17H,3,12-15,18H2,1-2H3. The minimum absolute atomic E-state index is 0.0589. The molecular formula is C25H28N4O2. The molecule has 2 heterocycles. The normalized spacial score (nSPS) is 13.8. The average Bonchev–Trinajstić information content (AvgIpc) is 2.83. The van der Waals surface area contributed by atoms with E-state index >= 15 is 0 Å². The van der Waals surface area contributed by atoms with Gasteiger partial charge < -0.3 is 14.5 Å². The van der Waals surface area contributed by atoms with Gasteiger partial charge in [-0.2, -0.15) is 0 Å². The van der Waals surface area contributed by atoms with Crippen molar-refractivity contribution in [2.45, 2.75) is 20.4 Å². The van der Waals surface area contributed by atoms with Crippen LogP contribution in [0.5, 0.6) is 0 Å². The largest absolute Gasteiger partial charge is 0.378 e. The quantitative estimate of drug-likeness (QED) is 0.609. The second kappa shape index (κ2) is 9.71. The highest BCUT2D eigenvalue weighted by molar-refractivity contribution is 5.99. The minimum atomic E-state index is -0.0589. The Morgan fingerprint density at radius 3 is 2.58 bits per heavy atom. The van der Waals surface area contributed by atoms with E-state index in [9.17, 15) is 4.79 Å². The van der Waals surface area contributed by atoms with Gasteiger partial charge in [0.25, 0.3) is 5.91 Å². The molecule has 0 atom stereocenters. The summed E-state index contributed by atoms with van der Waals surface area (Å²) in [5, 5.41) is 0. The Balaban J connectivity index is 1.72. The van der Waals surface area contributed by atoms with Crippen LogP contribution >= 0.6 is 0 Å². The number of rotatable bonds is 6. The van der Waals surface area contributed by atoms with Crippen molar-refractivity contribution in [1.82, 2.24) is 14.9 Å². The smallest absolute Gasteiger partial charge is 0.257 e. The molecule has 1 amide bonds. The van der Waals surface area contributed by atoms with E-state index in [0.29, 0.717) is 43.5 Å². The zero-order valence-electron chi connectivity index (χ0n) is 18.1. The average molecular weight is 417 g/mol. The van der Waals surface area contributed by atoms with Crippen molar-refractivity contribution in [3.05, 3.63) is 77.5 Å². The first-order chi connectivity index (χ1) is 15.2. The third kappa shape index (κ3) is 4.91. The molecule has 1 aliphatic rings. The van der Waals surface area contributed by atoms with Crippen molar-refractivity contribution in [3.8, 4) is 11.3 Å². The summed E-state index contributed by atoms with van der Waals surface area (Å²) in [4.78, 5) is 26.9. The molecule has 31 heavy (non-hydrogen) atoms. The van der Waals surface area contributed by atoms with E-state index in [0.717, 1.165) is 29.8 Å². The Morgan fingerprint density at radius 1 is 1.10 bits per heavy atom. The van der Waals surface area contributed by atoms with Crippen molar-refractivity contribution in [3.63, 3.8) is 0 Å². The van der Waals surface area contributed by atoms with E-state index < -0.39 is 0 Å². The summed E-state index contributed by atoms with van der Waals surface area (Å²) in [6.45, 7) is 8.00. The third-order valence-electron chi connectivity index (χ3n) is 5.48. The first kappa shape index (κ1) is 21.0. The molecule has 0 unspecified atom stereocenters. The van der Waals surface area contributed by atoms with Crippen molar-refractivity contribution >= 4 is 11.9 Å². The number of aryl methyl sites for hydroxylation is 1. The molecule has 0 bridgehead atoms. The van der Waals surface area contributed by atoms with E-state index in [1.54, 1.807) is 6.20 Å². The Labute approximate surface area is 183 Å². The maximum Gasteiger partial charge on any atom is 0.257 e. The zero-order valence-corrected chi connectivity index (χ0v) is 18.1. The monoisotopic (exact) mass is 416 g/mol. The van der Waals surface area contributed by atoms with Crippen LogP contribution in [0, 0.1) is 6.92 Å². The molecule has 0 N–H and O–H groups in total. The number of carbonyl (C=O) groups is 1. The van der Waals surface area contributed by atoms with E-state index in [1.165, 1.54) is 0 Å². The molecule has 6 nitrogen and oxygen atoms in total. The molecule has 0 aliphatic carbocycles. The second-order valence-electron chi connectivity index (χ2n) is 7.71. The van der Waals surface area contributed by atoms with Crippen LogP contribution in [0.1, 0.15) is 28.4 Å². The molecule has 160 valence electrons. The number of benzene rings is 2. The van der Waals surface area contributed by atoms with Gasteiger partial charge >= 0.3 is 0 Å². The van der Waals surface area contributed by atoms with Gasteiger partial charge in [0.2, 0.25) is 5.95 Å². The first-order valence-corrected chi connectivity index (χ1v) is 10.8. The summed E-state index contributed by atoms with van der Waals surface area (Å²) in [7, 11) is 0. The molecule has 0 saturated carbocycles. The molecule has 1 fully saturated rings. The lowest BCUT2D eigenvalue weighted by Gasteiger charge is -2.28. The molecule has 1 saturated heterocycles. The van der Waals surface area contributed by atoms with Crippen LogP contribution in [-0.2, 0) is 11.3 Å². The summed E-state index contributed by atoms with van der Waals surface area (Å²) >= 11 is 0. The third-order valence-corrected chi connectivity index (χ3v) is 5.48. The maximum atomic E-state index is 13.6. The van der Waals surface area contributed by atoms with Gasteiger partial charge in [-0.15, -0.1) is 0 Å². The van der Waals surface area contributed by atoms with Crippen LogP contribution < -0.4 is 4.90 Å². The summed E-state index contributed by atoms with van der Waals surface area (Å²) in [5.41, 5.74) is 4.35. The Morgan fingerprint density at radius 2 is 1.87 bits per heavy atom. The molecule has 0 spiro atoms. The number of hydrogen-bond donors (Lipinski definition) is 0. The number of carbonyl (C=O) groups excluding carboxylic acids is 1. The van der Waals surface area contributed by atoms with Crippen LogP contribution in [0.25, 0.3) is 11.3 Å². The lowest BCUT2D eigenvalue weighted by Crippen LogP contribution is -2.37. The number of nitrogens with zero attached hydrogens (tertiary/aromatic N) is 4. The molecule has 6 heteroatoms. The number of morpholine rings is 1. The highest BCUT2D eigenvalue weighted by Gasteiger charge is 2.23. The van der Waals surface area contributed by atoms with Crippen molar-refractivity contribution in [2.75, 3.05) is 37.7 Å². The highest BCUT2D eigenvalue weighted by Crippen LogP contribution is 2.26. The van der Waals surface area contributed by atoms with Gasteiger partial charge in [0, 0.05) is 37.9 Å². The van der Waals surface area contributed by atoms with Gasteiger partial charge in [0.15, 0.2) is 0 Å².